The van der Waals surface area contributed by atoms with Gasteiger partial charge in [-0.3, -0.25) is 14.4 Å². The van der Waals surface area contributed by atoms with Crippen molar-refractivity contribution >= 4 is 17.5 Å². The van der Waals surface area contributed by atoms with Gasteiger partial charge in [0.05, 0.1) is 0 Å². The normalized spacial score (nSPS) is 9.88. The van der Waals surface area contributed by atoms with Crippen LogP contribution in [0.2, 0.25) is 0 Å². The molecule has 0 aliphatic carbocycles. The predicted octanol–water partition coefficient (Wildman–Crippen LogP) is -0.265. The number of carbonyl (C=O) groups excluding carboxylic acids is 2. The maximum atomic E-state index is 11.3. The Bertz CT molecular complexity index is 407. The largest absolute Gasteiger partial charge is 0.399 e. The molecule has 0 fully saturated rings. The number of carbonyl (C=O) groups is 2. The minimum atomic E-state index is -0.638. The fourth-order valence-corrected chi connectivity index (χ4v) is 1.25. The fraction of sp³-hybridized carbons (Fsp3) is 0.273. The van der Waals surface area contributed by atoms with Gasteiger partial charge in [-0.1, -0.05) is 12.1 Å². The van der Waals surface area contributed by atoms with E-state index < -0.39 is 5.91 Å². The first-order valence-electron chi connectivity index (χ1n) is 5.11. The average molecular weight is 237 g/mol. The summed E-state index contributed by atoms with van der Waals surface area (Å²) >= 11 is 0. The van der Waals surface area contributed by atoms with Crippen LogP contribution in [0, 0.1) is 0 Å². The highest BCUT2D eigenvalue weighted by Crippen LogP contribution is 2.08. The molecule has 0 aromatic heterocycles. The number of benzene rings is 1. The minimum absolute atomic E-state index is 0.252. The van der Waals surface area contributed by atoms with Gasteiger partial charge in [-0.25, -0.2) is 5.48 Å². The molecular weight excluding hydrogens is 222 g/mol. The van der Waals surface area contributed by atoms with E-state index in [1.807, 2.05) is 12.1 Å². The van der Waals surface area contributed by atoms with Crippen molar-refractivity contribution in [2.45, 2.75) is 12.8 Å². The van der Waals surface area contributed by atoms with Crippen molar-refractivity contribution in [3.05, 3.63) is 29.8 Å². The number of hydrogen-bond acceptors (Lipinski definition) is 4. The van der Waals surface area contributed by atoms with Crippen LogP contribution in [0.1, 0.15) is 12.0 Å². The molecule has 6 heteroatoms. The summed E-state index contributed by atoms with van der Waals surface area (Å²) in [6.45, 7) is -0.329. The quantitative estimate of drug-likeness (QED) is 0.467. The van der Waals surface area contributed by atoms with Crippen LogP contribution >= 0.6 is 0 Å². The van der Waals surface area contributed by atoms with Crippen LogP contribution < -0.4 is 16.9 Å². The zero-order chi connectivity index (χ0) is 12.7. The van der Waals surface area contributed by atoms with Gasteiger partial charge < -0.3 is 11.5 Å². The number of amides is 2. The summed E-state index contributed by atoms with van der Waals surface area (Å²) in [6, 6.07) is 7.29. The van der Waals surface area contributed by atoms with Crippen LogP contribution in [-0.4, -0.2) is 18.4 Å². The molecule has 2 amide bonds. The van der Waals surface area contributed by atoms with Crippen LogP contribution in [0.3, 0.4) is 0 Å². The SMILES string of the molecule is NC(=O)CONC(=O)CCc1cccc(N)c1. The third-order valence-electron chi connectivity index (χ3n) is 1.99. The molecule has 1 aromatic rings. The third kappa shape index (κ3) is 5.53. The number of rotatable bonds is 6. The first-order chi connectivity index (χ1) is 8.08. The predicted molar refractivity (Wildman–Crippen MR) is 62.5 cm³/mol. The number of hydrogen-bond donors (Lipinski definition) is 3. The Morgan fingerprint density at radius 3 is 2.76 bits per heavy atom. The highest BCUT2D eigenvalue weighted by atomic mass is 16.7. The van der Waals surface area contributed by atoms with E-state index in [0.717, 1.165) is 5.56 Å². The standard InChI is InChI=1S/C11H15N3O3/c12-9-3-1-2-8(6-9)4-5-11(16)14-17-7-10(13)15/h1-3,6H,4-5,7,12H2,(H2,13,15)(H,14,16). The van der Waals surface area contributed by atoms with Crippen molar-refractivity contribution in [3.63, 3.8) is 0 Å². The van der Waals surface area contributed by atoms with Crippen LogP contribution in [-0.2, 0) is 20.8 Å². The van der Waals surface area contributed by atoms with Crippen molar-refractivity contribution in [2.75, 3.05) is 12.3 Å². The van der Waals surface area contributed by atoms with Crippen molar-refractivity contribution in [1.29, 1.82) is 0 Å². The Morgan fingerprint density at radius 1 is 1.35 bits per heavy atom. The molecular formula is C11H15N3O3. The Morgan fingerprint density at radius 2 is 2.12 bits per heavy atom. The number of nitrogen functional groups attached to an aromatic ring is 1. The lowest BCUT2D eigenvalue weighted by molar-refractivity contribution is -0.137. The first-order valence-corrected chi connectivity index (χ1v) is 5.11. The van der Waals surface area contributed by atoms with E-state index in [1.165, 1.54) is 0 Å². The highest BCUT2D eigenvalue weighted by Gasteiger charge is 2.03. The Balaban J connectivity index is 2.26. The molecule has 1 aromatic carbocycles. The van der Waals surface area contributed by atoms with E-state index in [2.05, 4.69) is 10.3 Å². The van der Waals surface area contributed by atoms with Crippen LogP contribution in [0.5, 0.6) is 0 Å². The van der Waals surface area contributed by atoms with Gasteiger partial charge in [0.25, 0.3) is 0 Å². The Labute approximate surface area is 98.9 Å². The second-order valence-corrected chi connectivity index (χ2v) is 3.53. The summed E-state index contributed by atoms with van der Waals surface area (Å²) in [6.07, 6.45) is 0.805. The van der Waals surface area contributed by atoms with Gasteiger partial charge in [0.2, 0.25) is 11.8 Å². The summed E-state index contributed by atoms with van der Waals surface area (Å²) in [4.78, 5) is 26.2. The maximum absolute atomic E-state index is 11.3. The van der Waals surface area contributed by atoms with E-state index in [-0.39, 0.29) is 18.9 Å². The van der Waals surface area contributed by atoms with Gasteiger partial charge in [0, 0.05) is 12.1 Å². The Kier molecular flexibility index (Phi) is 4.96. The summed E-state index contributed by atoms with van der Waals surface area (Å²) in [7, 11) is 0. The molecule has 0 aliphatic heterocycles. The molecule has 17 heavy (non-hydrogen) atoms. The monoisotopic (exact) mass is 237 g/mol. The van der Waals surface area contributed by atoms with Crippen molar-refractivity contribution < 1.29 is 14.4 Å². The molecule has 0 saturated carbocycles. The van der Waals surface area contributed by atoms with Gasteiger partial charge in [0.15, 0.2) is 6.61 Å². The second kappa shape index (κ2) is 6.49. The fourth-order valence-electron chi connectivity index (χ4n) is 1.25. The van der Waals surface area contributed by atoms with Crippen molar-refractivity contribution in [2.24, 2.45) is 5.73 Å². The first kappa shape index (κ1) is 13.0. The zero-order valence-corrected chi connectivity index (χ0v) is 9.31. The minimum Gasteiger partial charge on any atom is -0.399 e. The maximum Gasteiger partial charge on any atom is 0.246 e. The molecule has 0 bridgehead atoms. The molecule has 0 atom stereocenters. The lowest BCUT2D eigenvalue weighted by atomic mass is 10.1. The van der Waals surface area contributed by atoms with Crippen LogP contribution in [0.15, 0.2) is 24.3 Å². The molecule has 0 heterocycles. The molecule has 1 rings (SSSR count). The number of hydroxylamine groups is 1. The zero-order valence-electron chi connectivity index (χ0n) is 9.31. The number of nitrogens with two attached hydrogens (primary N) is 2. The second-order valence-electron chi connectivity index (χ2n) is 3.53. The molecule has 0 aliphatic rings. The summed E-state index contributed by atoms with van der Waals surface area (Å²) < 4.78 is 0. The van der Waals surface area contributed by atoms with E-state index >= 15 is 0 Å². The molecule has 0 spiro atoms. The van der Waals surface area contributed by atoms with Crippen LogP contribution in [0.25, 0.3) is 0 Å². The number of primary amides is 1. The van der Waals surface area contributed by atoms with E-state index in [1.54, 1.807) is 12.1 Å². The van der Waals surface area contributed by atoms with E-state index in [4.69, 9.17) is 11.5 Å². The molecule has 0 unspecified atom stereocenters. The lowest BCUT2D eigenvalue weighted by Gasteiger charge is -2.04. The van der Waals surface area contributed by atoms with Gasteiger partial charge in [0.1, 0.15) is 0 Å². The van der Waals surface area contributed by atoms with E-state index in [9.17, 15) is 9.59 Å². The average Bonchev–Trinajstić information content (AvgIpc) is 2.26. The van der Waals surface area contributed by atoms with Gasteiger partial charge >= 0.3 is 0 Å². The summed E-state index contributed by atoms with van der Waals surface area (Å²) in [5, 5.41) is 0. The highest BCUT2D eigenvalue weighted by molar-refractivity contribution is 5.77. The van der Waals surface area contributed by atoms with Crippen molar-refractivity contribution in [3.8, 4) is 0 Å². The van der Waals surface area contributed by atoms with Crippen LogP contribution in [0.4, 0.5) is 5.69 Å². The molecule has 92 valence electrons. The lowest BCUT2D eigenvalue weighted by Crippen LogP contribution is -2.29. The Hall–Kier alpha value is -2.08. The van der Waals surface area contributed by atoms with Gasteiger partial charge in [-0.15, -0.1) is 0 Å². The van der Waals surface area contributed by atoms with E-state index in [0.29, 0.717) is 12.1 Å². The summed E-state index contributed by atoms with van der Waals surface area (Å²) in [5.41, 5.74) is 14.2. The molecule has 6 nitrogen and oxygen atoms in total. The topological polar surface area (TPSA) is 107 Å². The summed E-state index contributed by atoms with van der Waals surface area (Å²) in [5.74, 6) is -0.949. The third-order valence-corrected chi connectivity index (χ3v) is 1.99. The smallest absolute Gasteiger partial charge is 0.246 e. The number of nitrogens with one attached hydrogen (secondary N) is 1. The van der Waals surface area contributed by atoms with Gasteiger partial charge in [-0.05, 0) is 24.1 Å². The number of anilines is 1. The van der Waals surface area contributed by atoms with Crippen molar-refractivity contribution in [1.82, 2.24) is 5.48 Å². The molecule has 0 saturated heterocycles. The molecule has 5 N–H and O–H groups in total. The molecule has 0 radical (unpaired) electrons. The number of aryl methyl sites for hydroxylation is 1. The van der Waals surface area contributed by atoms with Gasteiger partial charge in [-0.2, -0.15) is 0 Å².